The molecule has 38 heavy (non-hydrogen) atoms. The van der Waals surface area contributed by atoms with E-state index in [9.17, 15) is 9.90 Å². The maximum Gasteiger partial charge on any atom is 0.325 e. The van der Waals surface area contributed by atoms with Crippen LogP contribution in [0.3, 0.4) is 0 Å². The van der Waals surface area contributed by atoms with Crippen LogP contribution in [0.5, 0.6) is 5.75 Å². The molecule has 1 aromatic heterocycles. The fourth-order valence-electron chi connectivity index (χ4n) is 5.86. The molecule has 1 unspecified atom stereocenters. The number of methoxy groups -OCH3 is 1. The van der Waals surface area contributed by atoms with Gasteiger partial charge in [-0.2, -0.15) is 0 Å². The zero-order valence-electron chi connectivity index (χ0n) is 22.4. The number of hydrogen-bond acceptors (Lipinski definition) is 6. The number of aromatic nitrogens is 1. The van der Waals surface area contributed by atoms with Gasteiger partial charge in [0.05, 0.1) is 13.2 Å². The van der Waals surface area contributed by atoms with E-state index in [1.54, 1.807) is 13.2 Å². The van der Waals surface area contributed by atoms with E-state index in [2.05, 4.69) is 17.4 Å². The molecule has 3 heterocycles. The lowest BCUT2D eigenvalue weighted by Gasteiger charge is -2.27. The van der Waals surface area contributed by atoms with Crippen molar-refractivity contribution in [1.82, 2.24) is 9.88 Å². The van der Waals surface area contributed by atoms with E-state index in [1.807, 2.05) is 11.0 Å². The topological polar surface area (TPSA) is 83.9 Å². The van der Waals surface area contributed by atoms with E-state index < -0.39 is 12.0 Å². The second-order valence-corrected chi connectivity index (χ2v) is 11.4. The number of pyridine rings is 1. The number of rotatable bonds is 13. The van der Waals surface area contributed by atoms with Gasteiger partial charge in [-0.15, -0.1) is 0 Å². The quantitative estimate of drug-likeness (QED) is 0.315. The molecule has 7 nitrogen and oxygen atoms in total. The molecule has 206 valence electrons. The Labute approximate surface area is 230 Å². The number of carboxylic acid groups (broad SMARTS) is 1. The number of hydrogen-bond donors (Lipinski definition) is 2. The third-order valence-electron chi connectivity index (χ3n) is 8.02. The standard InChI is InChI=1S/C30H40ClN3O4/c1-37-28-22(16-20-8-9-20)17-23(31)18-26(28)27(30(35)36)34-14-12-25(19-34)38-15-4-2-3-7-24-11-10-21-6-5-13-32-29(21)33-24/h10-11,17-18,20,25,27H,2-9,12-16,19H2,1H3,(H,32,33)(H,35,36)/t25-,27?/m1/s1. The van der Waals surface area contributed by atoms with Crippen LogP contribution in [0.4, 0.5) is 5.82 Å². The van der Waals surface area contributed by atoms with Gasteiger partial charge in [0.25, 0.3) is 0 Å². The van der Waals surface area contributed by atoms with Gasteiger partial charge in [0.15, 0.2) is 0 Å². The highest BCUT2D eigenvalue weighted by molar-refractivity contribution is 6.30. The van der Waals surface area contributed by atoms with E-state index in [0.717, 1.165) is 68.6 Å². The highest BCUT2D eigenvalue weighted by Crippen LogP contribution is 2.41. The summed E-state index contributed by atoms with van der Waals surface area (Å²) < 4.78 is 11.9. The van der Waals surface area contributed by atoms with Gasteiger partial charge in [-0.25, -0.2) is 4.98 Å². The minimum Gasteiger partial charge on any atom is -0.496 e. The highest BCUT2D eigenvalue weighted by atomic mass is 35.5. The molecular weight excluding hydrogens is 502 g/mol. The Hall–Kier alpha value is -2.35. The van der Waals surface area contributed by atoms with Crippen molar-refractivity contribution in [2.45, 2.75) is 76.4 Å². The van der Waals surface area contributed by atoms with Crippen LogP contribution in [0.15, 0.2) is 24.3 Å². The number of likely N-dealkylation sites (tertiary alicyclic amines) is 1. The summed E-state index contributed by atoms with van der Waals surface area (Å²) in [6.07, 6.45) is 10.6. The molecule has 5 rings (SSSR count). The Morgan fingerprint density at radius 1 is 1.24 bits per heavy atom. The van der Waals surface area contributed by atoms with E-state index in [0.29, 0.717) is 41.9 Å². The summed E-state index contributed by atoms with van der Waals surface area (Å²) in [5, 5.41) is 14.2. The molecular formula is C30H40ClN3O4. The fraction of sp³-hybridized carbons (Fsp3) is 0.600. The predicted molar refractivity (Wildman–Crippen MR) is 149 cm³/mol. The number of carboxylic acids is 1. The Kier molecular flexibility index (Phi) is 9.08. The number of ether oxygens (including phenoxy) is 2. The molecule has 2 aromatic rings. The van der Waals surface area contributed by atoms with E-state index >= 15 is 0 Å². The van der Waals surface area contributed by atoms with Crippen LogP contribution in [0.1, 0.15) is 73.4 Å². The smallest absolute Gasteiger partial charge is 0.325 e. The zero-order chi connectivity index (χ0) is 26.5. The van der Waals surface area contributed by atoms with Crippen molar-refractivity contribution >= 4 is 23.4 Å². The van der Waals surface area contributed by atoms with Crippen molar-refractivity contribution in [2.75, 3.05) is 38.7 Å². The van der Waals surface area contributed by atoms with Crippen molar-refractivity contribution in [3.63, 3.8) is 0 Å². The molecule has 2 atom stereocenters. The van der Waals surface area contributed by atoms with Gasteiger partial charge in [-0.1, -0.05) is 24.1 Å². The molecule has 2 fully saturated rings. The molecule has 1 saturated carbocycles. The Bertz CT molecular complexity index is 1120. The van der Waals surface area contributed by atoms with Crippen molar-refractivity contribution in [3.05, 3.63) is 51.7 Å². The Balaban J connectivity index is 1.10. The van der Waals surface area contributed by atoms with Crippen LogP contribution in [0.25, 0.3) is 0 Å². The number of unbranched alkanes of at least 4 members (excludes halogenated alkanes) is 2. The number of fused-ring (bicyclic) bond motifs is 1. The van der Waals surface area contributed by atoms with Gasteiger partial charge < -0.3 is 19.9 Å². The molecule has 2 aliphatic heterocycles. The van der Waals surface area contributed by atoms with Crippen molar-refractivity contribution in [2.24, 2.45) is 5.92 Å². The van der Waals surface area contributed by atoms with Gasteiger partial charge in [-0.05, 0) is 93.0 Å². The fourth-order valence-corrected chi connectivity index (χ4v) is 6.11. The molecule has 1 aliphatic carbocycles. The minimum absolute atomic E-state index is 0.0429. The first kappa shape index (κ1) is 27.2. The predicted octanol–water partition coefficient (Wildman–Crippen LogP) is 5.68. The molecule has 0 radical (unpaired) electrons. The molecule has 0 amide bonds. The number of carbonyl (C=O) groups is 1. The van der Waals surface area contributed by atoms with Gasteiger partial charge in [0.2, 0.25) is 0 Å². The van der Waals surface area contributed by atoms with Gasteiger partial charge >= 0.3 is 5.97 Å². The number of aliphatic carboxylic acids is 1. The minimum atomic E-state index is -0.880. The van der Waals surface area contributed by atoms with Gasteiger partial charge in [0.1, 0.15) is 17.6 Å². The van der Waals surface area contributed by atoms with Gasteiger partial charge in [-0.3, -0.25) is 9.69 Å². The summed E-state index contributed by atoms with van der Waals surface area (Å²) in [7, 11) is 1.62. The van der Waals surface area contributed by atoms with Crippen LogP contribution in [-0.4, -0.2) is 60.4 Å². The Morgan fingerprint density at radius 2 is 2.11 bits per heavy atom. The Morgan fingerprint density at radius 3 is 2.89 bits per heavy atom. The van der Waals surface area contributed by atoms with Crippen molar-refractivity contribution < 1.29 is 19.4 Å². The number of nitrogens with one attached hydrogen (secondary N) is 1. The summed E-state index contributed by atoms with van der Waals surface area (Å²) >= 11 is 6.45. The van der Waals surface area contributed by atoms with E-state index in [-0.39, 0.29) is 6.10 Å². The summed E-state index contributed by atoms with van der Waals surface area (Å²) in [5.41, 5.74) is 4.14. The first-order chi connectivity index (χ1) is 18.5. The summed E-state index contributed by atoms with van der Waals surface area (Å²) in [6.45, 7) is 2.98. The van der Waals surface area contributed by atoms with Crippen molar-refractivity contribution in [3.8, 4) is 5.75 Å². The van der Waals surface area contributed by atoms with Crippen LogP contribution in [-0.2, 0) is 28.8 Å². The van der Waals surface area contributed by atoms with Crippen LogP contribution >= 0.6 is 11.6 Å². The first-order valence-electron chi connectivity index (χ1n) is 14.2. The number of nitrogens with zero attached hydrogens (tertiary/aromatic N) is 2. The summed E-state index contributed by atoms with van der Waals surface area (Å²) in [4.78, 5) is 19.2. The molecule has 1 aromatic carbocycles. The van der Waals surface area contributed by atoms with Crippen LogP contribution in [0, 0.1) is 5.92 Å². The van der Waals surface area contributed by atoms with E-state index in [1.165, 1.54) is 24.8 Å². The van der Waals surface area contributed by atoms with E-state index in [4.69, 9.17) is 26.1 Å². The zero-order valence-corrected chi connectivity index (χ0v) is 23.1. The summed E-state index contributed by atoms with van der Waals surface area (Å²) in [5.74, 6) is 1.50. The second-order valence-electron chi connectivity index (χ2n) is 11.0. The second kappa shape index (κ2) is 12.7. The summed E-state index contributed by atoms with van der Waals surface area (Å²) in [6, 6.07) is 7.27. The number of aryl methyl sites for hydroxylation is 2. The molecule has 8 heteroatoms. The molecule has 2 N–H and O–H groups in total. The van der Waals surface area contributed by atoms with Gasteiger partial charge in [0, 0.05) is 42.5 Å². The maximum absolute atomic E-state index is 12.5. The number of benzene rings is 1. The monoisotopic (exact) mass is 541 g/mol. The third kappa shape index (κ3) is 6.80. The third-order valence-corrected chi connectivity index (χ3v) is 8.24. The normalized spacial score (nSPS) is 20.1. The molecule has 3 aliphatic rings. The molecule has 1 saturated heterocycles. The lowest BCUT2D eigenvalue weighted by molar-refractivity contribution is -0.143. The SMILES string of the molecule is COc1c(CC2CC2)cc(Cl)cc1C(C(=O)O)N1CC[C@@H](OCCCCCc2ccc3c(n2)NCCC3)C1. The maximum atomic E-state index is 12.5. The van der Waals surface area contributed by atoms with Crippen LogP contribution < -0.4 is 10.1 Å². The van der Waals surface area contributed by atoms with Crippen molar-refractivity contribution in [1.29, 1.82) is 0 Å². The first-order valence-corrected chi connectivity index (χ1v) is 14.6. The number of anilines is 1. The average Bonchev–Trinajstić information content (AvgIpc) is 3.61. The molecule has 0 spiro atoms. The largest absolute Gasteiger partial charge is 0.496 e. The highest BCUT2D eigenvalue weighted by Gasteiger charge is 2.37. The lowest BCUT2D eigenvalue weighted by Crippen LogP contribution is -2.34. The van der Waals surface area contributed by atoms with Crippen LogP contribution in [0.2, 0.25) is 5.02 Å². The lowest BCUT2D eigenvalue weighted by atomic mass is 9.98. The number of halogens is 1. The average molecular weight is 542 g/mol. The molecule has 0 bridgehead atoms.